The molecule has 0 aliphatic carbocycles. The van der Waals surface area contributed by atoms with Gasteiger partial charge in [-0.1, -0.05) is 23.2 Å². The first-order chi connectivity index (χ1) is 10.4. The van der Waals surface area contributed by atoms with Crippen LogP contribution in [0.1, 0.15) is 0 Å². The molecule has 114 valence electrons. The number of hydrogen-bond donors (Lipinski definition) is 3. The summed E-state index contributed by atoms with van der Waals surface area (Å²) in [6.07, 6.45) is 0. The molecule has 0 amide bonds. The molecular formula is C13H9Cl2N3O3S. The Bertz CT molecular complexity index is 1020. The van der Waals surface area contributed by atoms with Gasteiger partial charge in [0.2, 0.25) is 0 Å². The number of H-pyrrole nitrogens is 2. The highest BCUT2D eigenvalue weighted by Crippen LogP contribution is 2.26. The van der Waals surface area contributed by atoms with E-state index >= 15 is 0 Å². The number of fused-ring (bicyclic) bond motifs is 1. The van der Waals surface area contributed by atoms with Gasteiger partial charge >= 0.3 is 0 Å². The standard InChI is InChI=1S/C13H9Cl2N3O3S/c14-10-3-2-8(6-11(10)15)22(20,21)18-7-1-4-12-9(5-7)13(19)17-16-12/h1-6,18H,(H2,16,17,19). The maximum atomic E-state index is 12.3. The van der Waals surface area contributed by atoms with Crippen LogP contribution in [0.5, 0.6) is 0 Å². The van der Waals surface area contributed by atoms with Crippen LogP contribution < -0.4 is 10.3 Å². The number of rotatable bonds is 3. The number of anilines is 1. The summed E-state index contributed by atoms with van der Waals surface area (Å²) in [5.41, 5.74) is 0.525. The van der Waals surface area contributed by atoms with E-state index in [1.165, 1.54) is 24.3 Å². The zero-order valence-corrected chi connectivity index (χ0v) is 13.2. The zero-order valence-electron chi connectivity index (χ0n) is 10.9. The van der Waals surface area contributed by atoms with Gasteiger partial charge in [-0.15, -0.1) is 0 Å². The molecule has 1 aromatic heterocycles. The Morgan fingerprint density at radius 2 is 1.73 bits per heavy atom. The van der Waals surface area contributed by atoms with Crippen molar-refractivity contribution in [2.45, 2.75) is 4.90 Å². The van der Waals surface area contributed by atoms with Gasteiger partial charge in [0.05, 0.1) is 25.8 Å². The Hall–Kier alpha value is -1.96. The number of nitrogens with one attached hydrogen (secondary N) is 3. The summed E-state index contributed by atoms with van der Waals surface area (Å²) in [6.45, 7) is 0. The Labute approximate surface area is 135 Å². The van der Waals surface area contributed by atoms with Crippen molar-refractivity contribution in [2.24, 2.45) is 0 Å². The van der Waals surface area contributed by atoms with Crippen molar-refractivity contribution in [3.63, 3.8) is 0 Å². The first-order valence-corrected chi connectivity index (χ1v) is 8.29. The van der Waals surface area contributed by atoms with Gasteiger partial charge in [0.25, 0.3) is 15.6 Å². The molecule has 0 radical (unpaired) electrons. The van der Waals surface area contributed by atoms with Gasteiger partial charge in [-0.25, -0.2) is 8.42 Å². The normalized spacial score (nSPS) is 11.7. The average Bonchev–Trinajstić information content (AvgIpc) is 2.83. The second-order valence-electron chi connectivity index (χ2n) is 4.52. The number of aromatic amines is 2. The average molecular weight is 358 g/mol. The second-order valence-corrected chi connectivity index (χ2v) is 7.02. The Kier molecular flexibility index (Phi) is 3.64. The minimum Gasteiger partial charge on any atom is -0.298 e. The third-order valence-corrected chi connectivity index (χ3v) is 5.15. The molecule has 3 aromatic rings. The summed E-state index contributed by atoms with van der Waals surface area (Å²) < 4.78 is 27.0. The molecule has 2 aromatic carbocycles. The van der Waals surface area contributed by atoms with Crippen molar-refractivity contribution in [3.05, 3.63) is 56.8 Å². The lowest BCUT2D eigenvalue weighted by Crippen LogP contribution is -2.13. The lowest BCUT2D eigenvalue weighted by atomic mass is 10.2. The Balaban J connectivity index is 2.00. The smallest absolute Gasteiger partial charge is 0.271 e. The molecule has 1 heterocycles. The molecule has 0 saturated heterocycles. The Morgan fingerprint density at radius 3 is 2.45 bits per heavy atom. The molecule has 0 aliphatic rings. The van der Waals surface area contributed by atoms with Gasteiger partial charge in [-0.05, 0) is 36.4 Å². The molecule has 6 nitrogen and oxygen atoms in total. The number of halogens is 2. The molecule has 0 fully saturated rings. The number of aromatic nitrogens is 2. The first-order valence-electron chi connectivity index (χ1n) is 6.05. The molecular weight excluding hydrogens is 349 g/mol. The lowest BCUT2D eigenvalue weighted by Gasteiger charge is -2.08. The van der Waals surface area contributed by atoms with Crippen molar-refractivity contribution < 1.29 is 8.42 Å². The van der Waals surface area contributed by atoms with Gasteiger partial charge < -0.3 is 0 Å². The number of hydrogen-bond acceptors (Lipinski definition) is 3. The number of sulfonamides is 1. The highest BCUT2D eigenvalue weighted by molar-refractivity contribution is 7.92. The maximum Gasteiger partial charge on any atom is 0.271 e. The fourth-order valence-electron chi connectivity index (χ4n) is 1.95. The molecule has 9 heteroatoms. The van der Waals surface area contributed by atoms with Crippen LogP contribution in [-0.2, 0) is 10.0 Å². The fraction of sp³-hybridized carbons (Fsp3) is 0. The summed E-state index contributed by atoms with van der Waals surface area (Å²) in [6, 6.07) is 8.59. The van der Waals surface area contributed by atoms with E-state index in [9.17, 15) is 13.2 Å². The molecule has 0 atom stereocenters. The van der Waals surface area contributed by atoms with Gasteiger partial charge in [-0.2, -0.15) is 0 Å². The molecule has 0 unspecified atom stereocenters. The van der Waals surface area contributed by atoms with Crippen LogP contribution in [0.25, 0.3) is 10.9 Å². The third-order valence-electron chi connectivity index (χ3n) is 3.03. The van der Waals surface area contributed by atoms with Gasteiger partial charge in [0.15, 0.2) is 0 Å². The predicted octanol–water partition coefficient (Wildman–Crippen LogP) is 2.96. The monoisotopic (exact) mass is 357 g/mol. The quantitative estimate of drug-likeness (QED) is 0.672. The largest absolute Gasteiger partial charge is 0.298 e. The minimum atomic E-state index is -3.83. The summed E-state index contributed by atoms with van der Waals surface area (Å²) in [4.78, 5) is 11.5. The van der Waals surface area contributed by atoms with Crippen LogP contribution >= 0.6 is 23.2 Å². The van der Waals surface area contributed by atoms with Crippen molar-refractivity contribution in [3.8, 4) is 0 Å². The molecule has 0 spiro atoms. The highest BCUT2D eigenvalue weighted by Gasteiger charge is 2.16. The van der Waals surface area contributed by atoms with Crippen LogP contribution in [-0.4, -0.2) is 18.6 Å². The molecule has 0 bridgehead atoms. The third kappa shape index (κ3) is 2.70. The molecule has 0 aliphatic heterocycles. The zero-order chi connectivity index (χ0) is 15.9. The van der Waals surface area contributed by atoms with E-state index in [-0.39, 0.29) is 26.2 Å². The minimum absolute atomic E-state index is 0.0232. The van der Waals surface area contributed by atoms with Crippen molar-refractivity contribution in [1.82, 2.24) is 10.2 Å². The van der Waals surface area contributed by atoms with Crippen LogP contribution in [0.3, 0.4) is 0 Å². The second kappa shape index (κ2) is 5.35. The first kappa shape index (κ1) is 15.0. The highest BCUT2D eigenvalue weighted by atomic mass is 35.5. The van der Waals surface area contributed by atoms with Crippen LogP contribution in [0.15, 0.2) is 46.1 Å². The van der Waals surface area contributed by atoms with E-state index < -0.39 is 10.0 Å². The lowest BCUT2D eigenvalue weighted by molar-refractivity contribution is 0.601. The SMILES string of the molecule is O=c1[nH][nH]c2ccc(NS(=O)(=O)c3ccc(Cl)c(Cl)c3)cc12. The van der Waals surface area contributed by atoms with E-state index in [0.717, 1.165) is 0 Å². The van der Waals surface area contributed by atoms with Crippen LogP contribution in [0.2, 0.25) is 10.0 Å². The van der Waals surface area contributed by atoms with Gasteiger partial charge in [0, 0.05) is 5.69 Å². The summed E-state index contributed by atoms with van der Waals surface area (Å²) in [7, 11) is -3.83. The van der Waals surface area contributed by atoms with E-state index in [2.05, 4.69) is 14.9 Å². The molecule has 3 N–H and O–H groups in total. The summed E-state index contributed by atoms with van der Waals surface area (Å²) in [5, 5.41) is 5.86. The molecule has 3 rings (SSSR count). The Morgan fingerprint density at radius 1 is 0.955 bits per heavy atom. The van der Waals surface area contributed by atoms with Crippen LogP contribution in [0, 0.1) is 0 Å². The number of benzene rings is 2. The van der Waals surface area contributed by atoms with Crippen molar-refractivity contribution in [2.75, 3.05) is 4.72 Å². The maximum absolute atomic E-state index is 12.3. The van der Waals surface area contributed by atoms with Gasteiger partial charge in [-0.3, -0.25) is 19.7 Å². The van der Waals surface area contributed by atoms with E-state index in [1.54, 1.807) is 12.1 Å². The molecule has 22 heavy (non-hydrogen) atoms. The summed E-state index contributed by atoms with van der Waals surface area (Å²) >= 11 is 11.6. The van der Waals surface area contributed by atoms with Crippen LogP contribution in [0.4, 0.5) is 5.69 Å². The predicted molar refractivity (Wildman–Crippen MR) is 86.2 cm³/mol. The summed E-state index contributed by atoms with van der Waals surface area (Å²) in [5.74, 6) is 0. The fourth-order valence-corrected chi connectivity index (χ4v) is 3.39. The van der Waals surface area contributed by atoms with Crippen molar-refractivity contribution in [1.29, 1.82) is 0 Å². The molecule has 0 saturated carbocycles. The van der Waals surface area contributed by atoms with E-state index in [0.29, 0.717) is 10.9 Å². The van der Waals surface area contributed by atoms with E-state index in [4.69, 9.17) is 23.2 Å². The van der Waals surface area contributed by atoms with E-state index in [1.807, 2.05) is 0 Å². The van der Waals surface area contributed by atoms with Gasteiger partial charge in [0.1, 0.15) is 0 Å². The van der Waals surface area contributed by atoms with Crippen molar-refractivity contribution >= 4 is 49.8 Å². The topological polar surface area (TPSA) is 94.8 Å².